The van der Waals surface area contributed by atoms with E-state index in [4.69, 9.17) is 0 Å². The molecule has 0 bridgehead atoms. The Balaban J connectivity index is 1.65. The Hall–Kier alpha value is -3.48. The first kappa shape index (κ1) is 16.4. The normalized spacial score (nSPS) is 12.4. The first-order chi connectivity index (χ1) is 11.9. The van der Waals surface area contributed by atoms with E-state index in [9.17, 15) is 19.2 Å². The summed E-state index contributed by atoms with van der Waals surface area (Å²) in [5, 5.41) is 7.56. The lowest BCUT2D eigenvalue weighted by Gasteiger charge is -2.07. The molecule has 1 aliphatic heterocycles. The van der Waals surface area contributed by atoms with E-state index >= 15 is 0 Å². The van der Waals surface area contributed by atoms with E-state index in [-0.39, 0.29) is 23.8 Å². The van der Waals surface area contributed by atoms with Crippen molar-refractivity contribution in [3.8, 4) is 0 Å². The van der Waals surface area contributed by atoms with E-state index in [1.54, 1.807) is 30.3 Å². The Morgan fingerprint density at radius 1 is 0.880 bits per heavy atom. The summed E-state index contributed by atoms with van der Waals surface area (Å²) in [6.07, 6.45) is 0.141. The first-order valence-corrected chi connectivity index (χ1v) is 7.58. The summed E-state index contributed by atoms with van der Waals surface area (Å²) in [5.41, 5.74) is 2.44. The lowest BCUT2D eigenvalue weighted by Crippen LogP contribution is -2.19. The highest BCUT2D eigenvalue weighted by Crippen LogP contribution is 2.20. The van der Waals surface area contributed by atoms with Crippen LogP contribution < -0.4 is 16.0 Å². The number of hydrogen-bond donors (Lipinski definition) is 3. The Bertz CT molecular complexity index is 888. The van der Waals surface area contributed by atoms with Gasteiger partial charge in [-0.05, 0) is 35.9 Å². The summed E-state index contributed by atoms with van der Waals surface area (Å²) in [6, 6.07) is 11.5. The van der Waals surface area contributed by atoms with E-state index in [1.807, 2.05) is 0 Å². The summed E-state index contributed by atoms with van der Waals surface area (Å²) in [6.45, 7) is 1.42. The van der Waals surface area contributed by atoms with Crippen molar-refractivity contribution in [3.63, 3.8) is 0 Å². The fourth-order valence-electron chi connectivity index (χ4n) is 2.55. The molecule has 1 aliphatic rings. The van der Waals surface area contributed by atoms with Crippen molar-refractivity contribution in [3.05, 3.63) is 59.2 Å². The van der Waals surface area contributed by atoms with Crippen LogP contribution in [0.25, 0.3) is 0 Å². The fourth-order valence-corrected chi connectivity index (χ4v) is 2.55. The molecule has 7 nitrogen and oxygen atoms in total. The zero-order valence-electron chi connectivity index (χ0n) is 13.4. The van der Waals surface area contributed by atoms with Crippen LogP contribution in [0.15, 0.2) is 42.5 Å². The van der Waals surface area contributed by atoms with Gasteiger partial charge in [0.05, 0.1) is 17.5 Å². The third kappa shape index (κ3) is 3.72. The number of fused-ring (bicyclic) bond motifs is 1. The average molecular weight is 337 g/mol. The third-order valence-corrected chi connectivity index (χ3v) is 3.66. The van der Waals surface area contributed by atoms with Crippen molar-refractivity contribution in [2.45, 2.75) is 13.3 Å². The number of benzene rings is 2. The predicted octanol–water partition coefficient (Wildman–Crippen LogP) is 1.71. The van der Waals surface area contributed by atoms with Gasteiger partial charge in [0.2, 0.25) is 11.8 Å². The van der Waals surface area contributed by atoms with Crippen LogP contribution in [-0.2, 0) is 16.0 Å². The number of amides is 4. The molecule has 0 fully saturated rings. The molecule has 0 aliphatic carbocycles. The molecule has 0 unspecified atom stereocenters. The van der Waals surface area contributed by atoms with E-state index in [1.165, 1.54) is 19.1 Å². The lowest BCUT2D eigenvalue weighted by atomic mass is 10.1. The predicted molar refractivity (Wildman–Crippen MR) is 91.3 cm³/mol. The Labute approximate surface area is 143 Å². The van der Waals surface area contributed by atoms with Gasteiger partial charge in [0.25, 0.3) is 11.8 Å². The van der Waals surface area contributed by atoms with Crippen molar-refractivity contribution in [2.75, 3.05) is 10.6 Å². The number of rotatable bonds is 4. The largest absolute Gasteiger partial charge is 0.326 e. The second kappa shape index (κ2) is 6.56. The summed E-state index contributed by atoms with van der Waals surface area (Å²) in [4.78, 5) is 46.3. The van der Waals surface area contributed by atoms with E-state index in [0.29, 0.717) is 16.9 Å². The molecule has 2 aromatic carbocycles. The molecule has 0 radical (unpaired) electrons. The van der Waals surface area contributed by atoms with Gasteiger partial charge in [-0.3, -0.25) is 24.5 Å². The minimum Gasteiger partial charge on any atom is -0.326 e. The van der Waals surface area contributed by atoms with Gasteiger partial charge < -0.3 is 10.6 Å². The fraction of sp³-hybridized carbons (Fsp3) is 0.111. The highest BCUT2D eigenvalue weighted by Gasteiger charge is 2.26. The number of imide groups is 1. The van der Waals surface area contributed by atoms with E-state index in [0.717, 1.165) is 5.56 Å². The summed E-state index contributed by atoms with van der Waals surface area (Å²) >= 11 is 0. The lowest BCUT2D eigenvalue weighted by molar-refractivity contribution is -0.116. The molecule has 2 aromatic rings. The van der Waals surface area contributed by atoms with Gasteiger partial charge in [-0.2, -0.15) is 0 Å². The maximum absolute atomic E-state index is 12.1. The molecule has 25 heavy (non-hydrogen) atoms. The van der Waals surface area contributed by atoms with Crippen molar-refractivity contribution in [1.29, 1.82) is 0 Å². The van der Waals surface area contributed by atoms with E-state index in [2.05, 4.69) is 16.0 Å². The topological polar surface area (TPSA) is 104 Å². The zero-order valence-corrected chi connectivity index (χ0v) is 13.4. The van der Waals surface area contributed by atoms with Crippen LogP contribution in [0.4, 0.5) is 11.4 Å². The molecule has 126 valence electrons. The van der Waals surface area contributed by atoms with Gasteiger partial charge in [-0.1, -0.05) is 12.1 Å². The molecule has 3 N–H and O–H groups in total. The van der Waals surface area contributed by atoms with Crippen LogP contribution in [0, 0.1) is 0 Å². The Kier molecular flexibility index (Phi) is 4.30. The number of hydrogen-bond acceptors (Lipinski definition) is 4. The van der Waals surface area contributed by atoms with Gasteiger partial charge in [0, 0.05) is 18.3 Å². The van der Waals surface area contributed by atoms with E-state index < -0.39 is 11.8 Å². The quantitative estimate of drug-likeness (QED) is 0.739. The van der Waals surface area contributed by atoms with Gasteiger partial charge in [-0.25, -0.2) is 0 Å². The Morgan fingerprint density at radius 3 is 2.20 bits per heavy atom. The first-order valence-electron chi connectivity index (χ1n) is 7.58. The maximum Gasteiger partial charge on any atom is 0.259 e. The van der Waals surface area contributed by atoms with Crippen LogP contribution >= 0.6 is 0 Å². The number of carbonyl (C=O) groups excluding carboxylic acids is 4. The summed E-state index contributed by atoms with van der Waals surface area (Å²) < 4.78 is 0. The van der Waals surface area contributed by atoms with Gasteiger partial charge >= 0.3 is 0 Å². The highest BCUT2D eigenvalue weighted by molar-refractivity contribution is 6.22. The molecule has 0 saturated heterocycles. The minimum absolute atomic E-state index is 0.141. The number of anilines is 2. The van der Waals surface area contributed by atoms with Gasteiger partial charge in [0.1, 0.15) is 0 Å². The second-order valence-electron chi connectivity index (χ2n) is 5.65. The SMILES string of the molecule is CC(=O)Nc1ccc(CC(=O)Nc2ccc3c(c2)C(=O)NC3=O)cc1. The average Bonchev–Trinajstić information content (AvgIpc) is 2.83. The van der Waals surface area contributed by atoms with Crippen LogP contribution in [0.3, 0.4) is 0 Å². The van der Waals surface area contributed by atoms with Gasteiger partial charge in [0.15, 0.2) is 0 Å². The van der Waals surface area contributed by atoms with Crippen molar-refractivity contribution < 1.29 is 19.2 Å². The molecular formula is C18H15N3O4. The molecule has 0 aromatic heterocycles. The number of nitrogens with one attached hydrogen (secondary N) is 3. The molecule has 7 heteroatoms. The molecule has 1 heterocycles. The molecule has 4 amide bonds. The van der Waals surface area contributed by atoms with Gasteiger partial charge in [-0.15, -0.1) is 0 Å². The molecular weight excluding hydrogens is 322 g/mol. The highest BCUT2D eigenvalue weighted by atomic mass is 16.2. The Morgan fingerprint density at radius 2 is 1.52 bits per heavy atom. The van der Waals surface area contributed by atoms with Crippen LogP contribution in [0.2, 0.25) is 0 Å². The zero-order chi connectivity index (χ0) is 18.0. The van der Waals surface area contributed by atoms with Crippen molar-refractivity contribution in [2.24, 2.45) is 0 Å². The van der Waals surface area contributed by atoms with Crippen LogP contribution in [-0.4, -0.2) is 23.6 Å². The third-order valence-electron chi connectivity index (χ3n) is 3.66. The maximum atomic E-state index is 12.1. The molecule has 0 atom stereocenters. The van der Waals surface area contributed by atoms with Crippen LogP contribution in [0.5, 0.6) is 0 Å². The molecule has 3 rings (SSSR count). The molecule has 0 spiro atoms. The van der Waals surface area contributed by atoms with Crippen LogP contribution in [0.1, 0.15) is 33.2 Å². The monoisotopic (exact) mass is 337 g/mol. The second-order valence-corrected chi connectivity index (χ2v) is 5.65. The minimum atomic E-state index is -0.468. The van der Waals surface area contributed by atoms with Crippen molar-refractivity contribution >= 4 is 35.0 Å². The summed E-state index contributed by atoms with van der Waals surface area (Å²) in [5.74, 6) is -1.32. The number of carbonyl (C=O) groups is 4. The summed E-state index contributed by atoms with van der Waals surface area (Å²) in [7, 11) is 0. The smallest absolute Gasteiger partial charge is 0.259 e. The molecule has 0 saturated carbocycles. The van der Waals surface area contributed by atoms with Crippen molar-refractivity contribution in [1.82, 2.24) is 5.32 Å². The standard InChI is InChI=1S/C18H15N3O4/c1-10(22)19-12-4-2-11(3-5-12)8-16(23)20-13-6-7-14-15(9-13)18(25)21-17(14)24/h2-7,9H,8H2,1H3,(H,19,22)(H,20,23)(H,21,24,25).